The van der Waals surface area contributed by atoms with E-state index in [1.165, 1.54) is 6.92 Å². The predicted molar refractivity (Wildman–Crippen MR) is 39.9 cm³/mol. The summed E-state index contributed by atoms with van der Waals surface area (Å²) >= 11 is 0. The Morgan fingerprint density at radius 1 is 1.55 bits per heavy atom. The predicted octanol–water partition coefficient (Wildman–Crippen LogP) is 1.32. The summed E-state index contributed by atoms with van der Waals surface area (Å²) in [5.41, 5.74) is 0. The molecule has 1 aliphatic rings. The normalized spacial score (nSPS) is 37.2. The molecule has 2 unspecified atom stereocenters. The number of carbonyl (C=O) groups excluding carboxylic acids is 1. The fourth-order valence-corrected chi connectivity index (χ4v) is 1.36. The van der Waals surface area contributed by atoms with Crippen molar-refractivity contribution in [3.63, 3.8) is 0 Å². The van der Waals surface area contributed by atoms with Crippen molar-refractivity contribution in [3.8, 4) is 0 Å². The van der Waals surface area contributed by atoms with Gasteiger partial charge in [0, 0.05) is 12.8 Å². The molecular formula is C8H14O3. The summed E-state index contributed by atoms with van der Waals surface area (Å²) in [5, 5.41) is 0. The molecule has 0 aromatic rings. The molecule has 0 saturated carbocycles. The topological polar surface area (TPSA) is 35.5 Å². The van der Waals surface area contributed by atoms with E-state index in [9.17, 15) is 4.79 Å². The molecule has 3 atom stereocenters. The molecule has 1 saturated heterocycles. The molecular weight excluding hydrogens is 144 g/mol. The summed E-state index contributed by atoms with van der Waals surface area (Å²) < 4.78 is 10.3. The summed E-state index contributed by atoms with van der Waals surface area (Å²) in [6.45, 7) is 5.41. The Labute approximate surface area is 66.7 Å². The highest BCUT2D eigenvalue weighted by molar-refractivity contribution is 5.66. The molecule has 0 aromatic carbocycles. The van der Waals surface area contributed by atoms with Crippen molar-refractivity contribution in [2.75, 3.05) is 0 Å². The van der Waals surface area contributed by atoms with Crippen LogP contribution in [0, 0.1) is 5.92 Å². The Balaban J connectivity index is 2.40. The monoisotopic (exact) mass is 158 g/mol. The van der Waals surface area contributed by atoms with Crippen LogP contribution in [0.15, 0.2) is 0 Å². The summed E-state index contributed by atoms with van der Waals surface area (Å²) in [7, 11) is 0. The highest BCUT2D eigenvalue weighted by atomic mass is 16.7. The van der Waals surface area contributed by atoms with Crippen molar-refractivity contribution in [1.29, 1.82) is 0 Å². The Morgan fingerprint density at radius 2 is 2.18 bits per heavy atom. The Kier molecular flexibility index (Phi) is 2.49. The fourth-order valence-electron chi connectivity index (χ4n) is 1.36. The molecule has 0 aromatic heterocycles. The van der Waals surface area contributed by atoms with Gasteiger partial charge in [-0.05, 0) is 13.3 Å². The summed E-state index contributed by atoms with van der Waals surface area (Å²) in [4.78, 5) is 10.5. The van der Waals surface area contributed by atoms with Crippen LogP contribution in [-0.2, 0) is 14.3 Å². The van der Waals surface area contributed by atoms with Gasteiger partial charge in [-0.1, -0.05) is 6.92 Å². The lowest BCUT2D eigenvalue weighted by Gasteiger charge is -2.13. The molecule has 0 amide bonds. The van der Waals surface area contributed by atoms with Gasteiger partial charge in [0.15, 0.2) is 0 Å². The zero-order valence-electron chi connectivity index (χ0n) is 7.16. The van der Waals surface area contributed by atoms with Gasteiger partial charge in [-0.3, -0.25) is 4.79 Å². The minimum absolute atomic E-state index is 0.217. The minimum atomic E-state index is -0.317. The number of hydrogen-bond acceptors (Lipinski definition) is 3. The zero-order chi connectivity index (χ0) is 8.43. The minimum Gasteiger partial charge on any atom is -0.436 e. The lowest BCUT2D eigenvalue weighted by atomic mass is 10.1. The molecule has 3 nitrogen and oxygen atoms in total. The van der Waals surface area contributed by atoms with Crippen LogP contribution in [0.1, 0.15) is 27.2 Å². The number of rotatable bonds is 1. The van der Waals surface area contributed by atoms with E-state index in [1.54, 1.807) is 0 Å². The van der Waals surface area contributed by atoms with Crippen molar-refractivity contribution in [3.05, 3.63) is 0 Å². The van der Waals surface area contributed by atoms with Crippen LogP contribution in [0.2, 0.25) is 0 Å². The second-order valence-electron chi connectivity index (χ2n) is 3.14. The average molecular weight is 158 g/mol. The van der Waals surface area contributed by atoms with Crippen LogP contribution in [0.3, 0.4) is 0 Å². The molecule has 0 radical (unpaired) electrons. The summed E-state index contributed by atoms with van der Waals surface area (Å²) in [6.07, 6.45) is 0.870. The maximum Gasteiger partial charge on any atom is 0.304 e. The van der Waals surface area contributed by atoms with Crippen molar-refractivity contribution < 1.29 is 14.3 Å². The molecule has 0 bridgehead atoms. The second kappa shape index (κ2) is 3.22. The van der Waals surface area contributed by atoms with Gasteiger partial charge < -0.3 is 9.47 Å². The average Bonchev–Trinajstić information content (AvgIpc) is 2.09. The molecule has 1 fully saturated rings. The van der Waals surface area contributed by atoms with Gasteiger partial charge in [-0.25, -0.2) is 0 Å². The first-order valence-electron chi connectivity index (χ1n) is 3.92. The van der Waals surface area contributed by atoms with Crippen LogP contribution in [0.25, 0.3) is 0 Å². The largest absolute Gasteiger partial charge is 0.436 e. The van der Waals surface area contributed by atoms with Crippen molar-refractivity contribution in [1.82, 2.24) is 0 Å². The Hall–Kier alpha value is -0.570. The summed E-state index contributed by atoms with van der Waals surface area (Å²) in [5.74, 6) is 0.0600. The van der Waals surface area contributed by atoms with Gasteiger partial charge in [0.1, 0.15) is 0 Å². The number of hydrogen-bond donors (Lipinski definition) is 0. The van der Waals surface area contributed by atoms with Crippen LogP contribution < -0.4 is 0 Å². The third-order valence-electron chi connectivity index (χ3n) is 1.82. The Bertz CT molecular complexity index is 155. The second-order valence-corrected chi connectivity index (χ2v) is 3.14. The van der Waals surface area contributed by atoms with Crippen molar-refractivity contribution in [2.24, 2.45) is 5.92 Å². The Morgan fingerprint density at radius 3 is 2.55 bits per heavy atom. The summed E-state index contributed by atoms with van der Waals surface area (Å²) in [6, 6.07) is 0. The molecule has 1 rings (SSSR count). The van der Waals surface area contributed by atoms with Gasteiger partial charge in [0.25, 0.3) is 0 Å². The first kappa shape index (κ1) is 8.53. The van der Waals surface area contributed by atoms with Crippen LogP contribution >= 0.6 is 0 Å². The number of carbonyl (C=O) groups is 1. The van der Waals surface area contributed by atoms with Gasteiger partial charge in [0.2, 0.25) is 6.29 Å². The van der Waals surface area contributed by atoms with Crippen molar-refractivity contribution in [2.45, 2.75) is 39.6 Å². The smallest absolute Gasteiger partial charge is 0.304 e. The van der Waals surface area contributed by atoms with E-state index in [4.69, 9.17) is 9.47 Å². The highest BCUT2D eigenvalue weighted by Gasteiger charge is 2.31. The first-order valence-corrected chi connectivity index (χ1v) is 3.92. The maximum atomic E-state index is 10.5. The first-order chi connectivity index (χ1) is 5.09. The van der Waals surface area contributed by atoms with E-state index in [0.29, 0.717) is 5.92 Å². The van der Waals surface area contributed by atoms with Crippen LogP contribution in [0.5, 0.6) is 0 Å². The van der Waals surface area contributed by atoms with E-state index in [0.717, 1.165) is 6.42 Å². The maximum absolute atomic E-state index is 10.5. The molecule has 64 valence electrons. The molecule has 0 spiro atoms. The van der Waals surface area contributed by atoms with E-state index in [2.05, 4.69) is 0 Å². The highest BCUT2D eigenvalue weighted by Crippen LogP contribution is 2.26. The van der Waals surface area contributed by atoms with E-state index in [-0.39, 0.29) is 18.4 Å². The lowest BCUT2D eigenvalue weighted by Crippen LogP contribution is -2.20. The number of esters is 1. The fraction of sp³-hybridized carbons (Fsp3) is 0.875. The molecule has 0 aliphatic carbocycles. The van der Waals surface area contributed by atoms with Crippen LogP contribution in [-0.4, -0.2) is 18.4 Å². The van der Waals surface area contributed by atoms with Crippen LogP contribution in [0.4, 0.5) is 0 Å². The molecule has 0 N–H and O–H groups in total. The van der Waals surface area contributed by atoms with Crippen molar-refractivity contribution >= 4 is 5.97 Å². The molecule has 1 heterocycles. The number of ether oxygens (including phenoxy) is 2. The molecule has 1 aliphatic heterocycles. The van der Waals surface area contributed by atoms with Gasteiger partial charge in [-0.15, -0.1) is 0 Å². The molecule has 3 heteroatoms. The third-order valence-corrected chi connectivity index (χ3v) is 1.82. The lowest BCUT2D eigenvalue weighted by molar-refractivity contribution is -0.177. The quantitative estimate of drug-likeness (QED) is 0.540. The molecule has 11 heavy (non-hydrogen) atoms. The SMILES string of the molecule is CC(=O)OC1OC(C)C[C@@H]1C. The van der Waals surface area contributed by atoms with Gasteiger partial charge in [0.05, 0.1) is 6.10 Å². The van der Waals surface area contributed by atoms with Gasteiger partial charge >= 0.3 is 5.97 Å². The van der Waals surface area contributed by atoms with E-state index < -0.39 is 0 Å². The standard InChI is InChI=1S/C8H14O3/c1-5-4-6(2)10-8(5)11-7(3)9/h5-6,8H,4H2,1-3H3/t5-,6?,8?/m0/s1. The van der Waals surface area contributed by atoms with E-state index in [1.807, 2.05) is 13.8 Å². The third kappa shape index (κ3) is 2.19. The van der Waals surface area contributed by atoms with Gasteiger partial charge in [-0.2, -0.15) is 0 Å². The van der Waals surface area contributed by atoms with E-state index >= 15 is 0 Å². The zero-order valence-corrected chi connectivity index (χ0v) is 7.16.